The first kappa shape index (κ1) is 25.5. The number of aryl methyl sites for hydroxylation is 1. The van der Waals surface area contributed by atoms with Gasteiger partial charge in [-0.1, -0.05) is 42.8 Å². The first-order valence-electron chi connectivity index (χ1n) is 9.37. The lowest BCUT2D eigenvalue weighted by Crippen LogP contribution is -2.49. The Morgan fingerprint density at radius 3 is 2.65 bits per heavy atom. The molecule has 0 bridgehead atoms. The fraction of sp³-hybridized carbons (Fsp3) is 0.409. The molecule has 2 atom stereocenters. The molecule has 0 spiro atoms. The first-order chi connectivity index (χ1) is 14.2. The number of ketones is 1. The van der Waals surface area contributed by atoms with Crippen molar-refractivity contribution >= 4 is 46.5 Å². The van der Waals surface area contributed by atoms with Gasteiger partial charge in [0.15, 0.2) is 11.5 Å². The molecule has 1 amide bonds. The van der Waals surface area contributed by atoms with Crippen LogP contribution in [0, 0.1) is 0 Å². The van der Waals surface area contributed by atoms with Crippen molar-refractivity contribution in [3.05, 3.63) is 63.4 Å². The predicted molar refractivity (Wildman–Crippen MR) is 120 cm³/mol. The van der Waals surface area contributed by atoms with Gasteiger partial charge in [-0.2, -0.15) is 0 Å². The number of nitrogens with one attached hydrogen (secondary N) is 1. The Morgan fingerprint density at radius 2 is 1.97 bits per heavy atom. The molecule has 168 valence electrons. The van der Waals surface area contributed by atoms with E-state index in [0.29, 0.717) is 15.6 Å². The summed E-state index contributed by atoms with van der Waals surface area (Å²) in [5.74, 6) is -1.34. The zero-order chi connectivity index (χ0) is 21.9. The molecule has 1 heterocycles. The van der Waals surface area contributed by atoms with Gasteiger partial charge < -0.3 is 10.4 Å². The summed E-state index contributed by atoms with van der Waals surface area (Å²) in [6.45, 7) is -0.173. The number of nitrogens with zero attached hydrogens (tertiary/aromatic N) is 1. The molecule has 2 aromatic rings. The number of carbonyl (C=O) groups excluding carboxylic acids is 2. The molecule has 31 heavy (non-hydrogen) atoms. The molecule has 2 N–H and O–H groups in total. The molecule has 0 aliphatic heterocycles. The van der Waals surface area contributed by atoms with Gasteiger partial charge in [0.2, 0.25) is 5.91 Å². The lowest BCUT2D eigenvalue weighted by atomic mass is 9.72. The molecule has 0 saturated carbocycles. The third-order valence-electron chi connectivity index (χ3n) is 5.34. The number of hydrogen-bond donors (Lipinski definition) is 2. The maximum Gasteiger partial charge on any atom is 0.235 e. The third-order valence-corrected chi connectivity index (χ3v) is 6.17. The number of alkyl halides is 2. The number of Topliss-reactive ketones (excluding diaryl/α,β-unsaturated/α-hetero) is 1. The van der Waals surface area contributed by atoms with Gasteiger partial charge in [0, 0.05) is 28.2 Å². The van der Waals surface area contributed by atoms with Gasteiger partial charge >= 0.3 is 0 Å². The number of pyridine rings is 1. The summed E-state index contributed by atoms with van der Waals surface area (Å²) in [6, 6.07) is 7.90. The summed E-state index contributed by atoms with van der Waals surface area (Å²) in [5, 5.41) is 14.4. The highest BCUT2D eigenvalue weighted by molar-refractivity contribution is 6.35. The van der Waals surface area contributed by atoms with E-state index in [4.69, 9.17) is 34.8 Å². The van der Waals surface area contributed by atoms with Crippen LogP contribution >= 0.6 is 34.8 Å². The molecule has 9 heteroatoms. The highest BCUT2D eigenvalue weighted by Crippen LogP contribution is 2.46. The summed E-state index contributed by atoms with van der Waals surface area (Å²) in [6.07, 6.45) is 1.28. The molecule has 1 aliphatic carbocycles. The Labute approximate surface area is 195 Å². The van der Waals surface area contributed by atoms with E-state index in [1.54, 1.807) is 18.2 Å². The number of hydrogen-bond acceptors (Lipinski definition) is 4. The van der Waals surface area contributed by atoms with E-state index < -0.39 is 23.0 Å². The van der Waals surface area contributed by atoms with Crippen molar-refractivity contribution in [2.24, 2.45) is 0 Å². The number of aromatic nitrogens is 1. The molecule has 1 aliphatic rings. The summed E-state index contributed by atoms with van der Waals surface area (Å²) in [5.41, 5.74) is -3.11. The highest BCUT2D eigenvalue weighted by atomic mass is 35.5. The predicted octanol–water partition coefficient (Wildman–Crippen LogP) is 4.73. The first-order valence-corrected chi connectivity index (χ1v) is 10.7. The molecule has 1 aromatic carbocycles. The van der Waals surface area contributed by atoms with Gasteiger partial charge in [0.05, 0.1) is 12.2 Å². The Bertz CT molecular complexity index is 975. The lowest BCUT2D eigenvalue weighted by molar-refractivity contribution is -0.135. The van der Waals surface area contributed by atoms with Crippen LogP contribution in [-0.4, -0.2) is 34.2 Å². The van der Waals surface area contributed by atoms with Crippen molar-refractivity contribution in [3.63, 3.8) is 0 Å². The van der Waals surface area contributed by atoms with Gasteiger partial charge in [0.1, 0.15) is 11.5 Å². The van der Waals surface area contributed by atoms with Crippen LogP contribution in [-0.2, 0) is 27.3 Å². The van der Waals surface area contributed by atoms with Crippen LogP contribution in [0.25, 0.3) is 0 Å². The van der Waals surface area contributed by atoms with E-state index in [-0.39, 0.29) is 56.8 Å². The zero-order valence-electron chi connectivity index (χ0n) is 15.9. The molecule has 0 radical (unpaired) electrons. The number of aliphatic hydroxyl groups is 1. The van der Waals surface area contributed by atoms with Crippen LogP contribution in [0.4, 0.5) is 4.39 Å². The van der Waals surface area contributed by atoms with Gasteiger partial charge in [-0.3, -0.25) is 14.6 Å². The van der Waals surface area contributed by atoms with Gasteiger partial charge in [-0.15, -0.1) is 11.6 Å². The third kappa shape index (κ3) is 5.37. The van der Waals surface area contributed by atoms with Crippen molar-refractivity contribution in [2.75, 3.05) is 12.4 Å². The molecule has 0 fully saturated rings. The minimum absolute atomic E-state index is 0. The average Bonchev–Trinajstić information content (AvgIpc) is 2.74. The second-order valence-electron chi connectivity index (χ2n) is 7.30. The second-order valence-corrected chi connectivity index (χ2v) is 8.41. The number of carbonyl (C=O) groups is 2. The number of rotatable bonds is 7. The monoisotopic (exact) mass is 488 g/mol. The van der Waals surface area contributed by atoms with E-state index in [0.717, 1.165) is 0 Å². The minimum atomic E-state index is -2.29. The SMILES string of the molecule is C.O=C(CCl)NC[C@]1(O)CC[C@@](F)(C(=O)CCc2ccc(Cl)cc2Cl)c2cccnc21. The standard InChI is InChI=1S/C21H20Cl3FN2O3.CH4/c22-11-18(29)27-12-20(30)7-8-21(25,15-2-1-9-26-19(15)20)17(28)6-4-13-3-5-14(23)10-16(13)24;/h1-3,5,9-10,30H,4,6-8,11-12H2,(H,27,29);1H4/t20-,21+;/m1./s1. The normalized spacial score (nSPS) is 22.2. The maximum atomic E-state index is 16.0. The number of fused-ring (bicyclic) bond motifs is 1. The van der Waals surface area contributed by atoms with Crippen molar-refractivity contribution in [2.45, 2.75) is 44.4 Å². The van der Waals surface area contributed by atoms with Crippen molar-refractivity contribution in [3.8, 4) is 0 Å². The van der Waals surface area contributed by atoms with Crippen LogP contribution < -0.4 is 5.32 Å². The van der Waals surface area contributed by atoms with E-state index in [9.17, 15) is 14.7 Å². The molecule has 0 saturated heterocycles. The van der Waals surface area contributed by atoms with Crippen molar-refractivity contribution < 1.29 is 19.1 Å². The Morgan fingerprint density at radius 1 is 1.23 bits per heavy atom. The Hall–Kier alpha value is -1.73. The summed E-state index contributed by atoms with van der Waals surface area (Å²) < 4.78 is 16.0. The van der Waals surface area contributed by atoms with Crippen LogP contribution in [0.2, 0.25) is 10.0 Å². The second kappa shape index (κ2) is 10.3. The van der Waals surface area contributed by atoms with Gasteiger partial charge in [0.25, 0.3) is 0 Å². The van der Waals surface area contributed by atoms with Gasteiger partial charge in [-0.25, -0.2) is 4.39 Å². The van der Waals surface area contributed by atoms with E-state index >= 15 is 4.39 Å². The highest BCUT2D eigenvalue weighted by Gasteiger charge is 2.51. The van der Waals surface area contributed by atoms with E-state index in [1.807, 2.05) is 0 Å². The topological polar surface area (TPSA) is 79.3 Å². The zero-order valence-corrected chi connectivity index (χ0v) is 18.2. The van der Waals surface area contributed by atoms with Crippen LogP contribution in [0.5, 0.6) is 0 Å². The fourth-order valence-electron chi connectivity index (χ4n) is 3.65. The smallest absolute Gasteiger partial charge is 0.235 e. The average molecular weight is 490 g/mol. The maximum absolute atomic E-state index is 16.0. The lowest BCUT2D eigenvalue weighted by Gasteiger charge is -2.39. The molecular weight excluding hydrogens is 466 g/mol. The molecular formula is C22H24Cl3FN2O3. The summed E-state index contributed by atoms with van der Waals surface area (Å²) in [4.78, 5) is 28.5. The largest absolute Gasteiger partial charge is 0.382 e. The minimum Gasteiger partial charge on any atom is -0.382 e. The van der Waals surface area contributed by atoms with Crippen LogP contribution in [0.15, 0.2) is 36.5 Å². The number of halogens is 4. The summed E-state index contributed by atoms with van der Waals surface area (Å²) >= 11 is 17.5. The molecule has 5 nitrogen and oxygen atoms in total. The molecule has 0 unspecified atom stereocenters. The van der Waals surface area contributed by atoms with E-state index in [1.165, 1.54) is 18.3 Å². The van der Waals surface area contributed by atoms with Crippen LogP contribution in [0.3, 0.4) is 0 Å². The Kier molecular flexibility index (Phi) is 8.45. The quantitative estimate of drug-likeness (QED) is 0.551. The summed E-state index contributed by atoms with van der Waals surface area (Å²) in [7, 11) is 0. The van der Waals surface area contributed by atoms with Gasteiger partial charge in [-0.05, 0) is 43.0 Å². The van der Waals surface area contributed by atoms with E-state index in [2.05, 4.69) is 10.3 Å². The van der Waals surface area contributed by atoms with Crippen molar-refractivity contribution in [1.29, 1.82) is 0 Å². The van der Waals surface area contributed by atoms with Crippen molar-refractivity contribution in [1.82, 2.24) is 10.3 Å². The molecule has 1 aromatic heterocycles. The van der Waals surface area contributed by atoms with Crippen LogP contribution in [0.1, 0.15) is 43.5 Å². The number of benzene rings is 1. The fourth-order valence-corrected chi connectivity index (χ4v) is 4.25. The Balaban J connectivity index is 0.00000341. The molecule has 3 rings (SSSR count). The number of amides is 1.